The van der Waals surface area contributed by atoms with Crippen molar-refractivity contribution in [3.8, 4) is 11.5 Å². The van der Waals surface area contributed by atoms with Crippen molar-refractivity contribution in [1.82, 2.24) is 4.90 Å². The molecule has 0 aliphatic rings. The van der Waals surface area contributed by atoms with Gasteiger partial charge in [-0.2, -0.15) is 0 Å². The molecular weight excluding hydrogens is 230 g/mol. The van der Waals surface area contributed by atoms with Crippen LogP contribution in [0.2, 0.25) is 0 Å². The topological polar surface area (TPSA) is 49.8 Å². The molecule has 4 heteroatoms. The van der Waals surface area contributed by atoms with Crippen LogP contribution in [0.5, 0.6) is 11.5 Å². The second-order valence-electron chi connectivity index (χ2n) is 4.24. The summed E-state index contributed by atoms with van der Waals surface area (Å²) >= 11 is 0. The number of aromatic hydroxyl groups is 1. The number of likely N-dealkylation sites (N-methyl/N-ethyl adjacent to an activating group) is 1. The Labute approximate surface area is 105 Å². The van der Waals surface area contributed by atoms with Crippen LogP contribution < -0.4 is 4.74 Å². The van der Waals surface area contributed by atoms with Crippen LogP contribution >= 0.6 is 0 Å². The molecule has 0 heterocycles. The number of hydrogen-bond donors (Lipinski definition) is 1. The minimum atomic E-state index is -0.150. The van der Waals surface area contributed by atoms with Gasteiger partial charge in [0.2, 0.25) is 0 Å². The number of rotatable bonds is 3. The summed E-state index contributed by atoms with van der Waals surface area (Å²) in [5.74, 6) is 0.215. The average Bonchev–Trinajstić information content (AvgIpc) is 2.35. The summed E-state index contributed by atoms with van der Waals surface area (Å²) in [7, 11) is 3.32. The van der Waals surface area contributed by atoms with Gasteiger partial charge in [-0.1, -0.05) is 24.3 Å². The Balaban J connectivity index is 2.23. The summed E-state index contributed by atoms with van der Waals surface area (Å²) in [6.45, 7) is -0.0844. The highest BCUT2D eigenvalue weighted by atomic mass is 16.5. The second kappa shape index (κ2) is 4.96. The van der Waals surface area contributed by atoms with Crippen LogP contribution in [0.1, 0.15) is 0 Å². The Hall–Kier alpha value is -2.23. The van der Waals surface area contributed by atoms with Crippen LogP contribution in [0.25, 0.3) is 10.8 Å². The van der Waals surface area contributed by atoms with Crippen LogP contribution in [0.4, 0.5) is 0 Å². The van der Waals surface area contributed by atoms with Gasteiger partial charge < -0.3 is 14.7 Å². The zero-order valence-electron chi connectivity index (χ0n) is 10.4. The molecule has 0 saturated carbocycles. The van der Waals surface area contributed by atoms with Crippen LogP contribution in [0, 0.1) is 0 Å². The van der Waals surface area contributed by atoms with Crippen LogP contribution in [-0.2, 0) is 4.79 Å². The lowest BCUT2D eigenvalue weighted by Gasteiger charge is -2.12. The minimum absolute atomic E-state index is 0.0419. The maximum absolute atomic E-state index is 11.4. The molecular formula is C14H15NO3. The molecule has 0 atom stereocenters. The molecule has 2 aromatic carbocycles. The lowest BCUT2D eigenvalue weighted by atomic mass is 10.1. The van der Waals surface area contributed by atoms with Gasteiger partial charge in [0.15, 0.2) is 18.1 Å². The summed E-state index contributed by atoms with van der Waals surface area (Å²) < 4.78 is 5.33. The molecule has 0 fully saturated rings. The molecule has 0 unspecified atom stereocenters. The Bertz CT molecular complexity index is 578. The first-order valence-corrected chi connectivity index (χ1v) is 5.62. The molecule has 0 radical (unpaired) electrons. The molecule has 0 bridgehead atoms. The fourth-order valence-electron chi connectivity index (χ4n) is 1.59. The number of benzene rings is 2. The highest BCUT2D eigenvalue weighted by Gasteiger charge is 2.09. The molecule has 94 valence electrons. The summed E-state index contributed by atoms with van der Waals surface area (Å²) in [6, 6.07) is 11.0. The molecule has 18 heavy (non-hydrogen) atoms. The molecule has 4 nitrogen and oxygen atoms in total. The van der Waals surface area contributed by atoms with Crippen molar-refractivity contribution < 1.29 is 14.6 Å². The number of carbonyl (C=O) groups excluding carboxylic acids is 1. The smallest absolute Gasteiger partial charge is 0.259 e. The van der Waals surface area contributed by atoms with Gasteiger partial charge >= 0.3 is 0 Å². The molecule has 0 saturated heterocycles. The Morgan fingerprint density at radius 1 is 1.22 bits per heavy atom. The number of carbonyl (C=O) groups is 1. The van der Waals surface area contributed by atoms with Crippen LogP contribution in [0.3, 0.4) is 0 Å². The van der Waals surface area contributed by atoms with E-state index in [4.69, 9.17) is 4.74 Å². The van der Waals surface area contributed by atoms with Gasteiger partial charge in [-0.3, -0.25) is 4.79 Å². The molecule has 0 spiro atoms. The minimum Gasteiger partial charge on any atom is -0.504 e. The Morgan fingerprint density at radius 2 is 1.83 bits per heavy atom. The maximum atomic E-state index is 11.4. The van der Waals surface area contributed by atoms with E-state index in [9.17, 15) is 9.90 Å². The zero-order chi connectivity index (χ0) is 13.1. The third kappa shape index (κ3) is 2.53. The summed E-state index contributed by atoms with van der Waals surface area (Å²) in [5, 5.41) is 11.7. The van der Waals surface area contributed by atoms with E-state index in [1.165, 1.54) is 4.90 Å². The van der Waals surface area contributed by atoms with Gasteiger partial charge in [0.05, 0.1) is 0 Å². The lowest BCUT2D eigenvalue weighted by molar-refractivity contribution is -0.130. The number of phenolic OH excluding ortho intramolecular Hbond substituents is 1. The predicted octanol–water partition coefficient (Wildman–Crippen LogP) is 2.01. The van der Waals surface area contributed by atoms with E-state index in [2.05, 4.69) is 0 Å². The highest BCUT2D eigenvalue weighted by Crippen LogP contribution is 2.31. The van der Waals surface area contributed by atoms with E-state index in [1.54, 1.807) is 26.2 Å². The first kappa shape index (κ1) is 12.2. The van der Waals surface area contributed by atoms with Crippen LogP contribution in [-0.4, -0.2) is 36.6 Å². The second-order valence-corrected chi connectivity index (χ2v) is 4.24. The number of fused-ring (bicyclic) bond motifs is 1. The highest BCUT2D eigenvalue weighted by molar-refractivity contribution is 5.86. The molecule has 2 rings (SSSR count). The molecule has 0 aliphatic carbocycles. The van der Waals surface area contributed by atoms with Gasteiger partial charge in [0.25, 0.3) is 5.91 Å². The van der Waals surface area contributed by atoms with Crippen molar-refractivity contribution in [2.75, 3.05) is 20.7 Å². The van der Waals surface area contributed by atoms with Gasteiger partial charge in [-0.25, -0.2) is 0 Å². The number of nitrogens with zero attached hydrogens (tertiary/aromatic N) is 1. The normalized spacial score (nSPS) is 10.3. The van der Waals surface area contributed by atoms with Crippen molar-refractivity contribution in [3.05, 3.63) is 36.4 Å². The third-order valence-corrected chi connectivity index (χ3v) is 2.68. The Morgan fingerprint density at radius 3 is 2.44 bits per heavy atom. The monoisotopic (exact) mass is 245 g/mol. The summed E-state index contributed by atoms with van der Waals surface area (Å²) in [6.07, 6.45) is 0. The molecule has 1 N–H and O–H groups in total. The largest absolute Gasteiger partial charge is 0.504 e. The maximum Gasteiger partial charge on any atom is 0.259 e. The van der Waals surface area contributed by atoms with Crippen molar-refractivity contribution >= 4 is 16.7 Å². The van der Waals surface area contributed by atoms with Crippen LogP contribution in [0.15, 0.2) is 36.4 Å². The van der Waals surface area contributed by atoms with Gasteiger partial charge in [-0.05, 0) is 22.9 Å². The van der Waals surface area contributed by atoms with E-state index in [1.807, 2.05) is 24.3 Å². The molecule has 0 aliphatic heterocycles. The first-order valence-electron chi connectivity index (χ1n) is 5.62. The van der Waals surface area contributed by atoms with Gasteiger partial charge in [0.1, 0.15) is 0 Å². The SMILES string of the molecule is CN(C)C(=O)COc1cc2ccccc2cc1O. The Kier molecular flexibility index (Phi) is 3.37. The summed E-state index contributed by atoms with van der Waals surface area (Å²) in [4.78, 5) is 12.9. The standard InChI is InChI=1S/C14H15NO3/c1-15(2)14(17)9-18-13-8-11-6-4-3-5-10(11)7-12(13)16/h3-8,16H,9H2,1-2H3. The average molecular weight is 245 g/mol. The molecule has 1 amide bonds. The quantitative estimate of drug-likeness (QED) is 0.900. The van der Waals surface area contributed by atoms with E-state index in [0.717, 1.165) is 10.8 Å². The van der Waals surface area contributed by atoms with Crippen molar-refractivity contribution in [2.24, 2.45) is 0 Å². The first-order chi connectivity index (χ1) is 8.58. The molecule has 0 aromatic heterocycles. The zero-order valence-corrected chi connectivity index (χ0v) is 10.4. The fourth-order valence-corrected chi connectivity index (χ4v) is 1.59. The van der Waals surface area contributed by atoms with E-state index in [0.29, 0.717) is 5.75 Å². The number of amides is 1. The van der Waals surface area contributed by atoms with Gasteiger partial charge in [0, 0.05) is 14.1 Å². The molecule has 2 aromatic rings. The van der Waals surface area contributed by atoms with Crippen molar-refractivity contribution in [1.29, 1.82) is 0 Å². The number of hydrogen-bond acceptors (Lipinski definition) is 3. The van der Waals surface area contributed by atoms with E-state index >= 15 is 0 Å². The summed E-state index contributed by atoms with van der Waals surface area (Å²) in [5.41, 5.74) is 0. The fraction of sp³-hybridized carbons (Fsp3) is 0.214. The van der Waals surface area contributed by atoms with Crippen molar-refractivity contribution in [3.63, 3.8) is 0 Å². The van der Waals surface area contributed by atoms with E-state index in [-0.39, 0.29) is 18.3 Å². The lowest BCUT2D eigenvalue weighted by Crippen LogP contribution is -2.27. The van der Waals surface area contributed by atoms with E-state index < -0.39 is 0 Å². The number of phenols is 1. The predicted molar refractivity (Wildman–Crippen MR) is 69.8 cm³/mol. The number of ether oxygens (including phenoxy) is 1. The van der Waals surface area contributed by atoms with Crippen molar-refractivity contribution in [2.45, 2.75) is 0 Å². The third-order valence-electron chi connectivity index (χ3n) is 2.68. The van der Waals surface area contributed by atoms with Gasteiger partial charge in [-0.15, -0.1) is 0 Å².